The molecule has 1 fully saturated rings. The zero-order chi connectivity index (χ0) is 22.9. The summed E-state index contributed by atoms with van der Waals surface area (Å²) >= 11 is 0. The molecular formula is C23H27N3O5S. The maximum absolute atomic E-state index is 13.0. The van der Waals surface area contributed by atoms with Gasteiger partial charge in [0.2, 0.25) is 21.8 Å². The van der Waals surface area contributed by atoms with Gasteiger partial charge in [-0.1, -0.05) is 24.3 Å². The highest BCUT2D eigenvalue weighted by molar-refractivity contribution is 7.89. The summed E-state index contributed by atoms with van der Waals surface area (Å²) in [4.78, 5) is 27.0. The third kappa shape index (κ3) is 4.28. The first-order valence-corrected chi connectivity index (χ1v) is 12.1. The number of fused-ring (bicyclic) bond motifs is 1. The lowest BCUT2D eigenvalue weighted by Gasteiger charge is -2.26. The van der Waals surface area contributed by atoms with Crippen molar-refractivity contribution < 1.29 is 22.7 Å². The number of anilines is 1. The van der Waals surface area contributed by atoms with Crippen molar-refractivity contribution in [3.8, 4) is 0 Å². The van der Waals surface area contributed by atoms with Gasteiger partial charge in [-0.15, -0.1) is 0 Å². The fraction of sp³-hybridized carbons (Fsp3) is 0.391. The number of nitrogens with zero attached hydrogens (tertiary/aromatic N) is 2. The Labute approximate surface area is 188 Å². The van der Waals surface area contributed by atoms with Crippen LogP contribution in [0.4, 0.5) is 5.69 Å². The van der Waals surface area contributed by atoms with Crippen molar-refractivity contribution in [2.75, 3.05) is 31.2 Å². The van der Waals surface area contributed by atoms with E-state index >= 15 is 0 Å². The minimum absolute atomic E-state index is 0.169. The van der Waals surface area contributed by atoms with E-state index in [1.165, 1.54) is 22.2 Å². The van der Waals surface area contributed by atoms with Gasteiger partial charge in [-0.05, 0) is 41.8 Å². The highest BCUT2D eigenvalue weighted by Gasteiger charge is 2.38. The van der Waals surface area contributed by atoms with Crippen LogP contribution in [-0.4, -0.2) is 56.9 Å². The Balaban J connectivity index is 1.55. The predicted octanol–water partition coefficient (Wildman–Crippen LogP) is 1.61. The molecule has 2 aliphatic rings. The third-order valence-corrected chi connectivity index (χ3v) is 7.89. The van der Waals surface area contributed by atoms with E-state index < -0.39 is 16.1 Å². The smallest absolute Gasteiger partial charge is 0.243 e. The first kappa shape index (κ1) is 22.4. The van der Waals surface area contributed by atoms with Crippen molar-refractivity contribution in [1.29, 1.82) is 0 Å². The van der Waals surface area contributed by atoms with Gasteiger partial charge in [0, 0.05) is 38.7 Å². The van der Waals surface area contributed by atoms with Gasteiger partial charge in [-0.2, -0.15) is 4.31 Å². The van der Waals surface area contributed by atoms with Crippen LogP contribution in [-0.2, 0) is 37.3 Å². The van der Waals surface area contributed by atoms with Crippen LogP contribution in [0.15, 0.2) is 47.4 Å². The van der Waals surface area contributed by atoms with Crippen LogP contribution in [0.2, 0.25) is 0 Å². The largest absolute Gasteiger partial charge is 0.379 e. The average molecular weight is 458 g/mol. The molecule has 0 bridgehead atoms. The Morgan fingerprint density at radius 3 is 2.53 bits per heavy atom. The van der Waals surface area contributed by atoms with E-state index in [9.17, 15) is 18.0 Å². The van der Waals surface area contributed by atoms with Gasteiger partial charge in [0.05, 0.1) is 18.1 Å². The molecule has 1 atom stereocenters. The Morgan fingerprint density at radius 1 is 1.12 bits per heavy atom. The lowest BCUT2D eigenvalue weighted by atomic mass is 10.1. The lowest BCUT2D eigenvalue weighted by Crippen LogP contribution is -2.47. The highest BCUT2D eigenvalue weighted by Crippen LogP contribution is 2.35. The summed E-state index contributed by atoms with van der Waals surface area (Å²) < 4.78 is 32.7. The number of carbonyl (C=O) groups excluding carboxylic acids is 2. The molecule has 0 aromatic heterocycles. The number of rotatable bonds is 5. The molecular weight excluding hydrogens is 430 g/mol. The molecule has 0 unspecified atom stereocenters. The number of hydrogen-bond donors (Lipinski definition) is 1. The van der Waals surface area contributed by atoms with E-state index in [1.54, 1.807) is 12.1 Å². The Kier molecular flexibility index (Phi) is 6.32. The molecule has 2 aromatic rings. The van der Waals surface area contributed by atoms with Crippen molar-refractivity contribution >= 4 is 27.5 Å². The maximum Gasteiger partial charge on any atom is 0.243 e. The number of benzene rings is 2. The fourth-order valence-electron chi connectivity index (χ4n) is 4.23. The fourth-order valence-corrected chi connectivity index (χ4v) is 5.69. The molecule has 8 nitrogen and oxygen atoms in total. The number of hydrogen-bond acceptors (Lipinski definition) is 5. The van der Waals surface area contributed by atoms with E-state index in [0.717, 1.165) is 11.1 Å². The molecule has 0 radical (unpaired) electrons. The van der Waals surface area contributed by atoms with Gasteiger partial charge in [0.25, 0.3) is 0 Å². The molecule has 32 heavy (non-hydrogen) atoms. The molecule has 0 aliphatic carbocycles. The predicted molar refractivity (Wildman–Crippen MR) is 120 cm³/mol. The summed E-state index contributed by atoms with van der Waals surface area (Å²) in [7, 11) is -3.66. The number of sulfonamides is 1. The molecule has 2 heterocycles. The summed E-state index contributed by atoms with van der Waals surface area (Å²) in [5.41, 5.74) is 3.33. The van der Waals surface area contributed by atoms with Crippen LogP contribution < -0.4 is 10.2 Å². The van der Waals surface area contributed by atoms with Gasteiger partial charge >= 0.3 is 0 Å². The quantitative estimate of drug-likeness (QED) is 0.736. The first-order valence-electron chi connectivity index (χ1n) is 10.6. The molecule has 2 amide bonds. The normalized spacial score (nSPS) is 18.9. The Bertz CT molecular complexity index is 1140. The van der Waals surface area contributed by atoms with Crippen LogP contribution in [0.5, 0.6) is 0 Å². The van der Waals surface area contributed by atoms with E-state index in [2.05, 4.69) is 5.32 Å². The van der Waals surface area contributed by atoms with Crippen LogP contribution >= 0.6 is 0 Å². The van der Waals surface area contributed by atoms with Gasteiger partial charge in [-0.3, -0.25) is 14.5 Å². The van der Waals surface area contributed by atoms with Crippen molar-refractivity contribution in [1.82, 2.24) is 9.62 Å². The van der Waals surface area contributed by atoms with Crippen LogP contribution in [0, 0.1) is 6.92 Å². The molecule has 0 spiro atoms. The Hall–Kier alpha value is -2.75. The Morgan fingerprint density at radius 2 is 1.84 bits per heavy atom. The van der Waals surface area contributed by atoms with Gasteiger partial charge in [0.15, 0.2) is 0 Å². The van der Waals surface area contributed by atoms with Gasteiger partial charge in [-0.25, -0.2) is 8.42 Å². The number of ether oxygens (including phenoxy) is 1. The summed E-state index contributed by atoms with van der Waals surface area (Å²) in [5, 5.41) is 2.92. The van der Waals surface area contributed by atoms with Crippen LogP contribution in [0.1, 0.15) is 23.6 Å². The standard InChI is InChI=1S/C23H27N3O5S/c1-16-5-3-4-6-18(16)15-24-23(28)22-14-19-13-20(7-8-21(19)26(22)17(2)27)32(29,30)25-9-11-31-12-10-25/h3-8,13,22H,9-12,14-15H2,1-2H3,(H,24,28)/t22-/m0/s1. The minimum atomic E-state index is -3.66. The number of nitrogens with one attached hydrogen (secondary N) is 1. The summed E-state index contributed by atoms with van der Waals surface area (Å²) in [6.45, 7) is 5.10. The van der Waals surface area contributed by atoms with Crippen LogP contribution in [0.25, 0.3) is 0 Å². The second kappa shape index (κ2) is 9.01. The zero-order valence-corrected chi connectivity index (χ0v) is 19.0. The molecule has 2 aromatic carbocycles. The molecule has 0 saturated carbocycles. The molecule has 1 saturated heterocycles. The van der Waals surface area contributed by atoms with Crippen LogP contribution in [0.3, 0.4) is 0 Å². The zero-order valence-electron chi connectivity index (χ0n) is 18.2. The van der Waals surface area contributed by atoms with Gasteiger partial charge in [0.1, 0.15) is 6.04 Å². The summed E-state index contributed by atoms with van der Waals surface area (Å²) in [5.74, 6) is -0.527. The molecule has 2 aliphatic heterocycles. The average Bonchev–Trinajstić information content (AvgIpc) is 3.18. The van der Waals surface area contributed by atoms with Gasteiger partial charge < -0.3 is 10.1 Å². The van der Waals surface area contributed by atoms with E-state index in [1.807, 2.05) is 31.2 Å². The topological polar surface area (TPSA) is 96.0 Å². The second-order valence-corrected chi connectivity index (χ2v) is 10.00. The van der Waals surface area contributed by atoms with E-state index in [-0.39, 0.29) is 23.1 Å². The highest BCUT2D eigenvalue weighted by atomic mass is 32.2. The second-order valence-electron chi connectivity index (χ2n) is 8.06. The van der Waals surface area contributed by atoms with Crippen molar-refractivity contribution in [3.63, 3.8) is 0 Å². The van der Waals surface area contributed by atoms with E-state index in [4.69, 9.17) is 4.74 Å². The molecule has 4 rings (SSSR count). The summed E-state index contributed by atoms with van der Waals surface area (Å²) in [6.07, 6.45) is 0.265. The maximum atomic E-state index is 13.0. The molecule has 170 valence electrons. The first-order chi connectivity index (χ1) is 15.3. The SMILES string of the molecule is CC(=O)N1c2ccc(S(=O)(=O)N3CCOCC3)cc2C[C@H]1C(=O)NCc1ccccc1C. The molecule has 1 N–H and O–H groups in total. The third-order valence-electron chi connectivity index (χ3n) is 6.00. The lowest BCUT2D eigenvalue weighted by molar-refractivity contribution is -0.125. The number of aryl methyl sites for hydroxylation is 1. The van der Waals surface area contributed by atoms with Crippen molar-refractivity contribution in [2.24, 2.45) is 0 Å². The van der Waals surface area contributed by atoms with Crippen molar-refractivity contribution in [3.05, 3.63) is 59.2 Å². The number of amides is 2. The monoisotopic (exact) mass is 457 g/mol. The minimum Gasteiger partial charge on any atom is -0.379 e. The number of carbonyl (C=O) groups is 2. The van der Waals surface area contributed by atoms with E-state index in [0.29, 0.717) is 44.1 Å². The van der Waals surface area contributed by atoms with Crippen molar-refractivity contribution in [2.45, 2.75) is 37.8 Å². The number of morpholine rings is 1. The summed E-state index contributed by atoms with van der Waals surface area (Å²) in [6, 6.07) is 11.8. The molecule has 9 heteroatoms.